The third-order valence-electron chi connectivity index (χ3n) is 4.56. The zero-order chi connectivity index (χ0) is 21.0. The summed E-state index contributed by atoms with van der Waals surface area (Å²) in [6.07, 6.45) is 0. The quantitative estimate of drug-likeness (QED) is 0.765. The molecule has 2 aromatic carbocycles. The van der Waals surface area contributed by atoms with Crippen LogP contribution < -0.4 is 10.1 Å². The molecule has 7 nitrogen and oxygen atoms in total. The van der Waals surface area contributed by atoms with Gasteiger partial charge < -0.3 is 10.1 Å². The summed E-state index contributed by atoms with van der Waals surface area (Å²) in [6.45, 7) is 0.818. The minimum atomic E-state index is -4.15. The topological polar surface area (TPSA) is 79.0 Å². The summed E-state index contributed by atoms with van der Waals surface area (Å²) < 4.78 is 58.7. The van der Waals surface area contributed by atoms with Crippen molar-refractivity contribution in [2.45, 2.75) is 4.90 Å². The molecule has 1 heterocycles. The summed E-state index contributed by atoms with van der Waals surface area (Å²) in [4.78, 5) is 13.4. The van der Waals surface area contributed by atoms with E-state index in [1.165, 1.54) is 7.11 Å². The third-order valence-corrected chi connectivity index (χ3v) is 6.48. The molecule has 156 valence electrons. The number of sulfonamides is 1. The SMILES string of the molecule is COc1cccc(NC(=O)CN2CCN(S(=O)(=O)c3cc(F)ccc3F)CC2)c1. The van der Waals surface area contributed by atoms with Gasteiger partial charge in [-0.05, 0) is 30.3 Å². The Morgan fingerprint density at radius 1 is 1.10 bits per heavy atom. The first-order valence-electron chi connectivity index (χ1n) is 8.91. The molecule has 1 aliphatic heterocycles. The molecule has 0 aliphatic carbocycles. The highest BCUT2D eigenvalue weighted by atomic mass is 32.2. The standard InChI is InChI=1S/C19H21F2N3O4S/c1-28-16-4-2-3-15(12-16)22-19(25)13-23-7-9-24(10-8-23)29(26,27)18-11-14(20)5-6-17(18)21/h2-6,11-12H,7-10,13H2,1H3,(H,22,25). The number of amides is 1. The zero-order valence-electron chi connectivity index (χ0n) is 15.8. The van der Waals surface area contributed by atoms with Crippen LogP contribution in [0.1, 0.15) is 0 Å². The molecule has 0 radical (unpaired) electrons. The minimum Gasteiger partial charge on any atom is -0.497 e. The van der Waals surface area contributed by atoms with E-state index in [1.54, 1.807) is 29.2 Å². The number of rotatable bonds is 6. The van der Waals surface area contributed by atoms with Crippen molar-refractivity contribution in [3.05, 3.63) is 54.1 Å². The molecule has 3 rings (SSSR count). The molecule has 0 aromatic heterocycles. The maximum absolute atomic E-state index is 13.9. The average Bonchev–Trinajstić information content (AvgIpc) is 2.70. The van der Waals surface area contributed by atoms with Crippen molar-refractivity contribution in [1.29, 1.82) is 0 Å². The number of halogens is 2. The number of benzene rings is 2. The molecular weight excluding hydrogens is 404 g/mol. The lowest BCUT2D eigenvalue weighted by atomic mass is 10.3. The molecule has 1 saturated heterocycles. The fourth-order valence-electron chi connectivity index (χ4n) is 3.05. The summed E-state index contributed by atoms with van der Waals surface area (Å²) in [5.74, 6) is -1.44. The summed E-state index contributed by atoms with van der Waals surface area (Å²) in [5, 5.41) is 2.76. The van der Waals surface area contributed by atoms with Crippen LogP contribution in [0.25, 0.3) is 0 Å². The number of nitrogens with one attached hydrogen (secondary N) is 1. The number of hydrogen-bond donors (Lipinski definition) is 1. The monoisotopic (exact) mass is 425 g/mol. The summed E-state index contributed by atoms with van der Waals surface area (Å²) >= 11 is 0. The van der Waals surface area contributed by atoms with Crippen LogP contribution in [0.3, 0.4) is 0 Å². The van der Waals surface area contributed by atoms with Crippen LogP contribution in [-0.4, -0.2) is 63.4 Å². The number of carbonyl (C=O) groups excluding carboxylic acids is 1. The average molecular weight is 425 g/mol. The molecular formula is C19H21F2N3O4S. The van der Waals surface area contributed by atoms with Crippen LogP contribution in [0, 0.1) is 11.6 Å². The van der Waals surface area contributed by atoms with Crippen LogP contribution in [0.15, 0.2) is 47.4 Å². The van der Waals surface area contributed by atoms with E-state index in [4.69, 9.17) is 4.74 Å². The van der Waals surface area contributed by atoms with E-state index in [9.17, 15) is 22.0 Å². The van der Waals surface area contributed by atoms with Crippen molar-refractivity contribution in [1.82, 2.24) is 9.21 Å². The molecule has 1 aliphatic rings. The normalized spacial score (nSPS) is 15.8. The summed E-state index contributed by atoms with van der Waals surface area (Å²) in [5.41, 5.74) is 0.595. The Kier molecular flexibility index (Phi) is 6.46. The van der Waals surface area contributed by atoms with Crippen LogP contribution in [-0.2, 0) is 14.8 Å². The minimum absolute atomic E-state index is 0.0741. The first kappa shape index (κ1) is 21.2. The van der Waals surface area contributed by atoms with Gasteiger partial charge in [-0.25, -0.2) is 17.2 Å². The number of nitrogens with zero attached hydrogens (tertiary/aromatic N) is 2. The van der Waals surface area contributed by atoms with Crippen molar-refractivity contribution in [2.24, 2.45) is 0 Å². The summed E-state index contributed by atoms with van der Waals surface area (Å²) in [6, 6.07) is 9.28. The number of carbonyl (C=O) groups is 1. The maximum atomic E-state index is 13.9. The highest BCUT2D eigenvalue weighted by Gasteiger charge is 2.31. The molecule has 0 spiro atoms. The second-order valence-electron chi connectivity index (χ2n) is 6.54. The molecule has 0 atom stereocenters. The Hall–Kier alpha value is -2.56. The molecule has 0 saturated carbocycles. The highest BCUT2D eigenvalue weighted by Crippen LogP contribution is 2.22. The fraction of sp³-hybridized carbons (Fsp3) is 0.316. The third kappa shape index (κ3) is 5.08. The summed E-state index contributed by atoms with van der Waals surface area (Å²) in [7, 11) is -2.61. The van der Waals surface area contributed by atoms with Gasteiger partial charge in [-0.1, -0.05) is 6.07 Å². The number of anilines is 1. The number of ether oxygens (including phenoxy) is 1. The molecule has 1 N–H and O–H groups in total. The predicted molar refractivity (Wildman–Crippen MR) is 103 cm³/mol. The van der Waals surface area contributed by atoms with Crippen molar-refractivity contribution in [3.8, 4) is 5.75 Å². The van der Waals surface area contributed by atoms with Crippen molar-refractivity contribution in [2.75, 3.05) is 45.2 Å². The van der Waals surface area contributed by atoms with Crippen molar-refractivity contribution < 1.29 is 26.7 Å². The smallest absolute Gasteiger partial charge is 0.246 e. The van der Waals surface area contributed by atoms with E-state index in [0.29, 0.717) is 30.6 Å². The molecule has 1 amide bonds. The van der Waals surface area contributed by atoms with Gasteiger partial charge in [0.1, 0.15) is 22.3 Å². The highest BCUT2D eigenvalue weighted by molar-refractivity contribution is 7.89. The van der Waals surface area contributed by atoms with Gasteiger partial charge in [0.25, 0.3) is 0 Å². The van der Waals surface area contributed by atoms with E-state index in [1.807, 2.05) is 0 Å². The largest absolute Gasteiger partial charge is 0.497 e. The van der Waals surface area contributed by atoms with Gasteiger partial charge in [-0.15, -0.1) is 0 Å². The lowest BCUT2D eigenvalue weighted by Crippen LogP contribution is -2.50. The second-order valence-corrected chi connectivity index (χ2v) is 8.44. The van der Waals surface area contributed by atoms with E-state index < -0.39 is 26.6 Å². The first-order chi connectivity index (χ1) is 13.8. The molecule has 10 heteroatoms. The van der Waals surface area contributed by atoms with Gasteiger partial charge in [0.15, 0.2) is 0 Å². The van der Waals surface area contributed by atoms with Crippen molar-refractivity contribution >= 4 is 21.6 Å². The predicted octanol–water partition coefficient (Wildman–Crippen LogP) is 1.92. The Bertz CT molecular complexity index is 993. The van der Waals surface area contributed by atoms with Crippen molar-refractivity contribution in [3.63, 3.8) is 0 Å². The van der Waals surface area contributed by atoms with E-state index in [2.05, 4.69) is 5.32 Å². The van der Waals surface area contributed by atoms with Crippen LogP contribution >= 0.6 is 0 Å². The lowest BCUT2D eigenvalue weighted by Gasteiger charge is -2.33. The van der Waals surface area contributed by atoms with Gasteiger partial charge in [0.2, 0.25) is 15.9 Å². The van der Waals surface area contributed by atoms with E-state index >= 15 is 0 Å². The number of hydrogen-bond acceptors (Lipinski definition) is 5. The molecule has 0 bridgehead atoms. The second kappa shape index (κ2) is 8.85. The van der Waals surface area contributed by atoms with Gasteiger partial charge in [0.05, 0.1) is 13.7 Å². The Labute approximate surface area is 167 Å². The molecule has 1 fully saturated rings. The Morgan fingerprint density at radius 2 is 1.83 bits per heavy atom. The van der Waals surface area contributed by atoms with E-state index in [0.717, 1.165) is 16.4 Å². The Morgan fingerprint density at radius 3 is 2.52 bits per heavy atom. The maximum Gasteiger partial charge on any atom is 0.246 e. The Balaban J connectivity index is 1.57. The van der Waals surface area contributed by atoms with Crippen LogP contribution in [0.5, 0.6) is 5.75 Å². The van der Waals surface area contributed by atoms with Gasteiger partial charge >= 0.3 is 0 Å². The van der Waals surface area contributed by atoms with Gasteiger partial charge in [-0.3, -0.25) is 9.69 Å². The molecule has 2 aromatic rings. The molecule has 0 unspecified atom stereocenters. The number of piperazine rings is 1. The number of methoxy groups -OCH3 is 1. The van der Waals surface area contributed by atoms with Crippen LogP contribution in [0.4, 0.5) is 14.5 Å². The molecule has 29 heavy (non-hydrogen) atoms. The van der Waals surface area contributed by atoms with Gasteiger partial charge in [-0.2, -0.15) is 4.31 Å². The van der Waals surface area contributed by atoms with Crippen LogP contribution in [0.2, 0.25) is 0 Å². The van der Waals surface area contributed by atoms with Gasteiger partial charge in [0, 0.05) is 37.9 Å². The first-order valence-corrected chi connectivity index (χ1v) is 10.3. The zero-order valence-corrected chi connectivity index (χ0v) is 16.6. The fourth-order valence-corrected chi connectivity index (χ4v) is 4.54. The lowest BCUT2D eigenvalue weighted by molar-refractivity contribution is -0.117. The van der Waals surface area contributed by atoms with E-state index in [-0.39, 0.29) is 25.5 Å².